The molecule has 0 aliphatic heterocycles. The smallest absolute Gasteiger partial charge is 0.327 e. The number of carboxylic acid groups (broad SMARTS) is 1. The van der Waals surface area contributed by atoms with Crippen LogP contribution in [0.25, 0.3) is 0 Å². The molecule has 92 valence electrons. The summed E-state index contributed by atoms with van der Waals surface area (Å²) in [5, 5.41) is 12.0. The van der Waals surface area contributed by atoms with Gasteiger partial charge in [0.2, 0.25) is 5.91 Å². The van der Waals surface area contributed by atoms with Crippen molar-refractivity contribution in [3.63, 3.8) is 0 Å². The topological polar surface area (TPSA) is 79.3 Å². The van der Waals surface area contributed by atoms with Gasteiger partial charge in [-0.3, -0.25) is 4.79 Å². The molecule has 5 nitrogen and oxygen atoms in total. The molecular formula is C10H12N2O3S2. The third-order valence-corrected chi connectivity index (χ3v) is 3.97. The second-order valence-corrected chi connectivity index (χ2v) is 5.49. The van der Waals surface area contributed by atoms with E-state index in [-0.39, 0.29) is 11.7 Å². The highest BCUT2D eigenvalue weighted by Crippen LogP contribution is 2.29. The van der Waals surface area contributed by atoms with E-state index in [9.17, 15) is 9.59 Å². The van der Waals surface area contributed by atoms with Crippen LogP contribution in [0, 0.1) is 0 Å². The Hall–Kier alpha value is -1.21. The van der Waals surface area contributed by atoms with Crippen molar-refractivity contribution >= 4 is 33.5 Å². The van der Waals surface area contributed by atoms with E-state index in [4.69, 9.17) is 5.11 Å². The van der Waals surface area contributed by atoms with Crippen LogP contribution in [0.15, 0.2) is 29.4 Å². The van der Waals surface area contributed by atoms with Crippen molar-refractivity contribution in [2.45, 2.75) is 18.0 Å². The molecule has 1 aromatic heterocycles. The molecule has 0 saturated carbocycles. The van der Waals surface area contributed by atoms with Crippen LogP contribution >= 0.6 is 21.6 Å². The lowest BCUT2D eigenvalue weighted by atomic mass is 10.3. The average Bonchev–Trinajstić information content (AvgIpc) is 2.28. The average molecular weight is 272 g/mol. The summed E-state index contributed by atoms with van der Waals surface area (Å²) in [6, 6.07) is 4.64. The molecule has 0 unspecified atom stereocenters. The monoisotopic (exact) mass is 272 g/mol. The zero-order valence-electron chi connectivity index (χ0n) is 9.12. The van der Waals surface area contributed by atoms with Gasteiger partial charge in [-0.2, -0.15) is 0 Å². The maximum atomic E-state index is 10.8. The fraction of sp³-hybridized carbons (Fsp3) is 0.300. The quantitative estimate of drug-likeness (QED) is 0.762. The minimum atomic E-state index is -1.03. The lowest BCUT2D eigenvalue weighted by Gasteiger charge is -2.11. The molecule has 7 heteroatoms. The normalized spacial score (nSPS) is 11.8. The summed E-state index contributed by atoms with van der Waals surface area (Å²) in [5.41, 5.74) is 0. The lowest BCUT2D eigenvalue weighted by Crippen LogP contribution is -2.41. The first-order chi connectivity index (χ1) is 8.09. The minimum Gasteiger partial charge on any atom is -0.480 e. The van der Waals surface area contributed by atoms with E-state index in [1.54, 1.807) is 6.20 Å². The second-order valence-electron chi connectivity index (χ2n) is 3.13. The molecule has 1 rings (SSSR count). The molecule has 0 bridgehead atoms. The van der Waals surface area contributed by atoms with Crippen LogP contribution in [0.1, 0.15) is 6.92 Å². The SMILES string of the molecule is CC(=O)N[C@@H](CSSc1ccccn1)C(=O)O. The van der Waals surface area contributed by atoms with Crippen LogP contribution in [-0.4, -0.2) is 33.8 Å². The number of aromatic nitrogens is 1. The van der Waals surface area contributed by atoms with Crippen molar-refractivity contribution in [1.29, 1.82) is 0 Å². The zero-order valence-corrected chi connectivity index (χ0v) is 10.8. The van der Waals surface area contributed by atoms with Crippen molar-refractivity contribution < 1.29 is 14.7 Å². The van der Waals surface area contributed by atoms with Crippen LogP contribution in [0.2, 0.25) is 0 Å². The zero-order chi connectivity index (χ0) is 12.7. The number of pyridine rings is 1. The third kappa shape index (κ3) is 5.60. The fourth-order valence-corrected chi connectivity index (χ4v) is 3.04. The Bertz CT molecular complexity index is 386. The predicted octanol–water partition coefficient (Wildman–Crippen LogP) is 1.41. The number of hydrogen-bond donors (Lipinski definition) is 2. The number of nitrogens with one attached hydrogen (secondary N) is 1. The summed E-state index contributed by atoms with van der Waals surface area (Å²) in [6.07, 6.45) is 1.67. The summed E-state index contributed by atoms with van der Waals surface area (Å²) in [4.78, 5) is 25.7. The van der Waals surface area contributed by atoms with Gasteiger partial charge in [-0.05, 0) is 22.9 Å². The van der Waals surface area contributed by atoms with Crippen LogP contribution in [0.5, 0.6) is 0 Å². The first kappa shape index (κ1) is 13.9. The van der Waals surface area contributed by atoms with Gasteiger partial charge in [-0.15, -0.1) is 0 Å². The van der Waals surface area contributed by atoms with Gasteiger partial charge in [-0.25, -0.2) is 9.78 Å². The van der Waals surface area contributed by atoms with Gasteiger partial charge in [0.25, 0.3) is 0 Å². The van der Waals surface area contributed by atoms with Gasteiger partial charge in [0.05, 0.1) is 0 Å². The molecule has 0 fully saturated rings. The van der Waals surface area contributed by atoms with Crippen molar-refractivity contribution in [3.05, 3.63) is 24.4 Å². The summed E-state index contributed by atoms with van der Waals surface area (Å²) < 4.78 is 0. The second kappa shape index (κ2) is 7.18. The maximum Gasteiger partial charge on any atom is 0.327 e. The van der Waals surface area contributed by atoms with E-state index < -0.39 is 12.0 Å². The van der Waals surface area contributed by atoms with Crippen LogP contribution < -0.4 is 5.32 Å². The Morgan fingerprint density at radius 1 is 1.53 bits per heavy atom. The van der Waals surface area contributed by atoms with E-state index in [0.717, 1.165) is 5.03 Å². The molecule has 0 aliphatic rings. The highest BCUT2D eigenvalue weighted by atomic mass is 33.1. The van der Waals surface area contributed by atoms with Crippen molar-refractivity contribution in [1.82, 2.24) is 10.3 Å². The Morgan fingerprint density at radius 2 is 2.29 bits per heavy atom. The first-order valence-corrected chi connectivity index (χ1v) is 7.12. The molecule has 1 heterocycles. The van der Waals surface area contributed by atoms with Crippen molar-refractivity contribution in [2.75, 3.05) is 5.75 Å². The Labute approximate surface area is 107 Å². The number of aliphatic carboxylic acids is 1. The van der Waals surface area contributed by atoms with E-state index in [1.165, 1.54) is 28.5 Å². The van der Waals surface area contributed by atoms with Crippen LogP contribution in [0.4, 0.5) is 0 Å². The van der Waals surface area contributed by atoms with E-state index in [1.807, 2.05) is 18.2 Å². The first-order valence-electron chi connectivity index (χ1n) is 4.80. The molecule has 2 N–H and O–H groups in total. The van der Waals surface area contributed by atoms with E-state index in [0.29, 0.717) is 0 Å². The fourth-order valence-electron chi connectivity index (χ4n) is 0.979. The largest absolute Gasteiger partial charge is 0.480 e. The summed E-state index contributed by atoms with van der Waals surface area (Å²) >= 11 is 0. The van der Waals surface area contributed by atoms with Crippen molar-refractivity contribution in [3.8, 4) is 0 Å². The van der Waals surface area contributed by atoms with Gasteiger partial charge in [-0.1, -0.05) is 16.9 Å². The van der Waals surface area contributed by atoms with E-state index in [2.05, 4.69) is 10.3 Å². The molecule has 0 aliphatic carbocycles. The summed E-state index contributed by atoms with van der Waals surface area (Å²) in [5.74, 6) is -1.09. The number of rotatable bonds is 6. The van der Waals surface area contributed by atoms with Gasteiger partial charge < -0.3 is 10.4 Å². The van der Waals surface area contributed by atoms with Crippen molar-refractivity contribution in [2.24, 2.45) is 0 Å². The molecule has 0 radical (unpaired) electrons. The Balaban J connectivity index is 2.37. The maximum absolute atomic E-state index is 10.8. The van der Waals surface area contributed by atoms with E-state index >= 15 is 0 Å². The molecular weight excluding hydrogens is 260 g/mol. The minimum absolute atomic E-state index is 0.288. The summed E-state index contributed by atoms with van der Waals surface area (Å²) in [7, 11) is 2.73. The van der Waals surface area contributed by atoms with Crippen LogP contribution in [0.3, 0.4) is 0 Å². The van der Waals surface area contributed by atoms with Gasteiger partial charge >= 0.3 is 5.97 Å². The number of nitrogens with zero attached hydrogens (tertiary/aromatic N) is 1. The number of carbonyl (C=O) groups excluding carboxylic acids is 1. The predicted molar refractivity (Wildman–Crippen MR) is 67.8 cm³/mol. The molecule has 1 amide bonds. The number of hydrogen-bond acceptors (Lipinski definition) is 5. The highest BCUT2D eigenvalue weighted by Gasteiger charge is 2.18. The number of carbonyl (C=O) groups is 2. The molecule has 1 aromatic rings. The Morgan fingerprint density at radius 3 is 2.82 bits per heavy atom. The number of amides is 1. The third-order valence-electron chi connectivity index (χ3n) is 1.69. The number of carboxylic acids is 1. The van der Waals surface area contributed by atoms with Gasteiger partial charge in [0, 0.05) is 18.9 Å². The van der Waals surface area contributed by atoms with Gasteiger partial charge in [0.1, 0.15) is 11.1 Å². The standard InChI is InChI=1S/C10H12N2O3S2/c1-7(13)12-8(10(14)15)6-16-17-9-4-2-3-5-11-9/h2-5,8H,6H2,1H3,(H,12,13)(H,14,15)/t8-/m0/s1. The molecule has 0 saturated heterocycles. The lowest BCUT2D eigenvalue weighted by molar-refractivity contribution is -0.140. The molecule has 17 heavy (non-hydrogen) atoms. The molecule has 1 atom stereocenters. The van der Waals surface area contributed by atoms with Gasteiger partial charge in [0.15, 0.2) is 0 Å². The van der Waals surface area contributed by atoms with Crippen LogP contribution in [-0.2, 0) is 9.59 Å². The Kier molecular flexibility index (Phi) is 5.85. The summed E-state index contributed by atoms with van der Waals surface area (Å²) in [6.45, 7) is 1.30. The highest BCUT2D eigenvalue weighted by molar-refractivity contribution is 8.76. The molecule has 0 spiro atoms. The molecule has 0 aromatic carbocycles.